The van der Waals surface area contributed by atoms with Gasteiger partial charge in [-0.1, -0.05) is 6.07 Å². The fourth-order valence-electron chi connectivity index (χ4n) is 5.34. The van der Waals surface area contributed by atoms with E-state index in [0.717, 1.165) is 34.4 Å². The Labute approximate surface area is 231 Å². The number of esters is 1. The van der Waals surface area contributed by atoms with E-state index in [-0.39, 0.29) is 30.8 Å². The second-order valence-electron chi connectivity index (χ2n) is 10.3. The first-order chi connectivity index (χ1) is 19.1. The summed E-state index contributed by atoms with van der Waals surface area (Å²) in [6.07, 6.45) is -1.91. The number of thiophene rings is 1. The average Bonchev–Trinajstić information content (AvgIpc) is 3.62. The van der Waals surface area contributed by atoms with E-state index in [9.17, 15) is 22.8 Å². The lowest BCUT2D eigenvalue weighted by Crippen LogP contribution is -2.35. The van der Waals surface area contributed by atoms with E-state index in [1.54, 1.807) is 32.0 Å². The molecule has 1 amide bonds. The normalized spacial score (nSPS) is 19.6. The fraction of sp³-hybridized carbons (Fsp3) is 0.444. The summed E-state index contributed by atoms with van der Waals surface area (Å²) in [6, 6.07) is 3.65. The van der Waals surface area contributed by atoms with Gasteiger partial charge in [0.15, 0.2) is 23.2 Å². The number of nitrogens with zero attached hydrogens (tertiary/aromatic N) is 2. The van der Waals surface area contributed by atoms with Gasteiger partial charge in [0.1, 0.15) is 10.8 Å². The first kappa shape index (κ1) is 26.5. The first-order valence-corrected chi connectivity index (χ1v) is 13.9. The van der Waals surface area contributed by atoms with Gasteiger partial charge >= 0.3 is 12.1 Å². The van der Waals surface area contributed by atoms with Gasteiger partial charge in [0.25, 0.3) is 5.91 Å². The lowest BCUT2D eigenvalue weighted by atomic mass is 9.95. The number of anilines is 2. The minimum absolute atomic E-state index is 0.0530. The summed E-state index contributed by atoms with van der Waals surface area (Å²) in [4.78, 5) is 27.3. The Kier molecular flexibility index (Phi) is 6.64. The minimum Gasteiger partial charge on any atom is -0.459 e. The summed E-state index contributed by atoms with van der Waals surface area (Å²) in [5.74, 6) is -0.178. The van der Waals surface area contributed by atoms with Gasteiger partial charge in [0, 0.05) is 17.4 Å². The predicted octanol–water partition coefficient (Wildman–Crippen LogP) is 6.03. The lowest BCUT2D eigenvalue weighted by molar-refractivity contribution is -0.173. The van der Waals surface area contributed by atoms with Crippen LogP contribution in [0.5, 0.6) is 11.5 Å². The fourth-order valence-corrected chi connectivity index (χ4v) is 6.62. The number of nitrogens with one attached hydrogen (secondary N) is 2. The molecule has 212 valence electrons. The first-order valence-electron chi connectivity index (χ1n) is 13.1. The molecule has 3 aliphatic rings. The van der Waals surface area contributed by atoms with Gasteiger partial charge in [-0.15, -0.1) is 11.3 Å². The van der Waals surface area contributed by atoms with Crippen LogP contribution in [-0.4, -0.2) is 40.7 Å². The summed E-state index contributed by atoms with van der Waals surface area (Å²) in [7, 11) is 0. The summed E-state index contributed by atoms with van der Waals surface area (Å²) >= 11 is 1.30. The van der Waals surface area contributed by atoms with Crippen LogP contribution in [0.4, 0.5) is 24.0 Å². The molecule has 0 bridgehead atoms. The Hall–Kier alpha value is -3.74. The Morgan fingerprint density at radius 3 is 2.73 bits per heavy atom. The smallest absolute Gasteiger partial charge is 0.410 e. The van der Waals surface area contributed by atoms with Crippen LogP contribution < -0.4 is 20.1 Å². The number of carbonyl (C=O) groups excluding carboxylic acids is 2. The van der Waals surface area contributed by atoms with E-state index >= 15 is 0 Å². The molecule has 0 fully saturated rings. The molecule has 1 aromatic carbocycles. The molecule has 0 radical (unpaired) electrons. The third kappa shape index (κ3) is 4.87. The van der Waals surface area contributed by atoms with Crippen LogP contribution in [0, 0.1) is 0 Å². The van der Waals surface area contributed by atoms with Crippen LogP contribution in [-0.2, 0) is 17.6 Å². The second kappa shape index (κ2) is 10.0. The molecule has 0 saturated carbocycles. The highest BCUT2D eigenvalue weighted by atomic mass is 32.1. The van der Waals surface area contributed by atoms with E-state index < -0.39 is 30.1 Å². The maximum atomic E-state index is 14.2. The van der Waals surface area contributed by atoms with Crippen molar-refractivity contribution < 1.29 is 37.0 Å². The molecule has 2 N–H and O–H groups in total. The van der Waals surface area contributed by atoms with Gasteiger partial charge in [-0.3, -0.25) is 4.79 Å². The molecule has 4 heterocycles. The number of rotatable bonds is 5. The summed E-state index contributed by atoms with van der Waals surface area (Å²) in [6.45, 7) is 3.54. The van der Waals surface area contributed by atoms with Crippen LogP contribution in [0.15, 0.2) is 24.3 Å². The molecule has 6 rings (SSSR count). The molecule has 2 atom stereocenters. The molecule has 9 nitrogen and oxygen atoms in total. The number of aromatic nitrogens is 2. The van der Waals surface area contributed by atoms with Gasteiger partial charge in [-0.25, -0.2) is 9.48 Å². The van der Waals surface area contributed by atoms with E-state index in [0.29, 0.717) is 34.0 Å². The maximum Gasteiger partial charge on any atom is 0.410 e. The van der Waals surface area contributed by atoms with Gasteiger partial charge < -0.3 is 24.8 Å². The minimum atomic E-state index is -4.61. The number of fused-ring (bicyclic) bond motifs is 3. The molecular weight excluding hydrogens is 549 g/mol. The zero-order chi connectivity index (χ0) is 28.2. The molecule has 2 aliphatic heterocycles. The number of benzene rings is 1. The molecule has 40 heavy (non-hydrogen) atoms. The highest BCUT2D eigenvalue weighted by molar-refractivity contribution is 7.17. The molecule has 0 saturated heterocycles. The van der Waals surface area contributed by atoms with Crippen molar-refractivity contribution in [1.29, 1.82) is 0 Å². The Bertz CT molecular complexity index is 1480. The van der Waals surface area contributed by atoms with Crippen molar-refractivity contribution in [3.05, 3.63) is 51.5 Å². The van der Waals surface area contributed by atoms with Crippen LogP contribution >= 0.6 is 11.3 Å². The van der Waals surface area contributed by atoms with Gasteiger partial charge in [-0.05, 0) is 62.8 Å². The van der Waals surface area contributed by atoms with Crippen LogP contribution in [0.2, 0.25) is 0 Å². The summed E-state index contributed by atoms with van der Waals surface area (Å²) in [5, 5.41) is 10.2. The molecule has 1 aliphatic carbocycles. The van der Waals surface area contributed by atoms with Crippen molar-refractivity contribution in [3.63, 3.8) is 0 Å². The van der Waals surface area contributed by atoms with Crippen molar-refractivity contribution in [3.8, 4) is 11.5 Å². The quantitative estimate of drug-likeness (QED) is 0.358. The molecule has 2 aromatic heterocycles. The SMILES string of the molecule is CC(C)OC(=O)c1c(NC(=O)c2cc3n(n2)[C@H](C(F)(F)F)C[C@H](c2ccc4c(c2)OCO4)N3)sc2c1CCCC2. The largest absolute Gasteiger partial charge is 0.459 e. The van der Waals surface area contributed by atoms with Crippen molar-refractivity contribution >= 4 is 34.0 Å². The van der Waals surface area contributed by atoms with Gasteiger partial charge in [-0.2, -0.15) is 18.3 Å². The number of halogens is 3. The number of aryl methyl sites for hydroxylation is 1. The zero-order valence-electron chi connectivity index (χ0n) is 21.8. The van der Waals surface area contributed by atoms with Crippen molar-refractivity contribution in [2.24, 2.45) is 0 Å². The highest BCUT2D eigenvalue weighted by Gasteiger charge is 2.47. The van der Waals surface area contributed by atoms with E-state index in [1.165, 1.54) is 17.4 Å². The second-order valence-corrected chi connectivity index (χ2v) is 11.4. The molecular formula is C27H27F3N4O5S. The van der Waals surface area contributed by atoms with Crippen molar-refractivity contribution in [1.82, 2.24) is 9.78 Å². The summed E-state index contributed by atoms with van der Waals surface area (Å²) < 4.78 is 59.5. The van der Waals surface area contributed by atoms with Crippen molar-refractivity contribution in [2.75, 3.05) is 17.4 Å². The maximum absolute atomic E-state index is 14.2. The van der Waals surface area contributed by atoms with E-state index in [1.807, 2.05) is 0 Å². The van der Waals surface area contributed by atoms with Gasteiger partial charge in [0.05, 0.1) is 17.7 Å². The summed E-state index contributed by atoms with van der Waals surface area (Å²) in [5.41, 5.74) is 1.58. The third-order valence-corrected chi connectivity index (χ3v) is 8.37. The van der Waals surface area contributed by atoms with Gasteiger partial charge in [0.2, 0.25) is 6.79 Å². The number of amides is 1. The number of alkyl halides is 3. The third-order valence-electron chi connectivity index (χ3n) is 7.17. The molecule has 3 aromatic rings. The number of ether oxygens (including phenoxy) is 3. The molecule has 0 unspecified atom stereocenters. The molecule has 13 heteroatoms. The number of hydrogen-bond donors (Lipinski definition) is 2. The monoisotopic (exact) mass is 576 g/mol. The number of carbonyl (C=O) groups is 2. The lowest BCUT2D eigenvalue weighted by Gasteiger charge is -2.33. The van der Waals surface area contributed by atoms with Crippen LogP contribution in [0.25, 0.3) is 0 Å². The van der Waals surface area contributed by atoms with E-state index in [4.69, 9.17) is 14.2 Å². The van der Waals surface area contributed by atoms with Crippen molar-refractivity contribution in [2.45, 2.75) is 70.3 Å². The zero-order valence-corrected chi connectivity index (χ0v) is 22.6. The highest BCUT2D eigenvalue weighted by Crippen LogP contribution is 2.45. The van der Waals surface area contributed by atoms with E-state index in [2.05, 4.69) is 15.7 Å². The molecule has 0 spiro atoms. The van der Waals surface area contributed by atoms with Crippen LogP contribution in [0.3, 0.4) is 0 Å². The average molecular weight is 577 g/mol. The topological polar surface area (TPSA) is 104 Å². The van der Waals surface area contributed by atoms with Crippen LogP contribution in [0.1, 0.15) is 82.0 Å². The Morgan fingerprint density at radius 2 is 1.95 bits per heavy atom. The Morgan fingerprint density at radius 1 is 1.18 bits per heavy atom. The Balaban J connectivity index is 1.30. The predicted molar refractivity (Wildman–Crippen MR) is 140 cm³/mol. The number of hydrogen-bond acceptors (Lipinski definition) is 8. The standard InChI is InChI=1S/C27H27F3N4O5S/c1-13(2)39-26(36)23-15-5-3-4-6-20(15)40-25(23)32-24(35)17-11-22-31-16(10-21(27(28,29)30)34(22)33-17)14-7-8-18-19(9-14)38-12-37-18/h7-9,11,13,16,21,31H,3-6,10,12H2,1-2H3,(H,32,35)/t16-,21+/m1/s1.